The van der Waals surface area contributed by atoms with Crippen LogP contribution in [0.4, 0.5) is 0 Å². The molecule has 0 fully saturated rings. The molecule has 1 aromatic rings. The quantitative estimate of drug-likeness (QED) is 0.797. The minimum atomic E-state index is -3.07. The normalized spacial score (nSPS) is 11.9. The van der Waals surface area contributed by atoms with Gasteiger partial charge in [0.25, 0.3) is 0 Å². The van der Waals surface area contributed by atoms with Gasteiger partial charge in [0, 0.05) is 19.6 Å². The van der Waals surface area contributed by atoms with Gasteiger partial charge in [-0.2, -0.15) is 0 Å². The van der Waals surface area contributed by atoms with Crippen LogP contribution in [0.3, 0.4) is 0 Å². The first-order valence-electron chi connectivity index (χ1n) is 5.14. The average molecular weight is 242 g/mol. The van der Waals surface area contributed by atoms with Crippen molar-refractivity contribution in [3.63, 3.8) is 0 Å². The Morgan fingerprint density at radius 1 is 1.25 bits per heavy atom. The van der Waals surface area contributed by atoms with E-state index in [9.17, 15) is 8.42 Å². The number of benzene rings is 1. The molecule has 1 rings (SSSR count). The monoisotopic (exact) mass is 242 g/mol. The van der Waals surface area contributed by atoms with E-state index < -0.39 is 10.0 Å². The van der Waals surface area contributed by atoms with Crippen LogP contribution in [-0.2, 0) is 16.6 Å². The third kappa shape index (κ3) is 5.85. The summed E-state index contributed by atoms with van der Waals surface area (Å²) in [5.74, 6) is 0. The van der Waals surface area contributed by atoms with Gasteiger partial charge in [0.1, 0.15) is 0 Å². The predicted octanol–water partition coefficient (Wildman–Crippen LogP) is 0.668. The zero-order valence-corrected chi connectivity index (χ0v) is 10.5. The molecule has 4 nitrogen and oxygen atoms in total. The number of likely N-dealkylation sites (N-methyl/N-ethyl adjacent to an activating group) is 1. The zero-order valence-electron chi connectivity index (χ0n) is 9.68. The number of sulfonamides is 1. The van der Waals surface area contributed by atoms with Crippen LogP contribution in [0.25, 0.3) is 0 Å². The predicted molar refractivity (Wildman–Crippen MR) is 65.6 cm³/mol. The van der Waals surface area contributed by atoms with Gasteiger partial charge in [-0.1, -0.05) is 30.3 Å². The second kappa shape index (κ2) is 5.98. The summed E-state index contributed by atoms with van der Waals surface area (Å²) in [4.78, 5) is 2.08. The summed E-state index contributed by atoms with van der Waals surface area (Å²) in [5.41, 5.74) is 1.23. The van der Waals surface area contributed by atoms with E-state index in [4.69, 9.17) is 0 Å². The molecule has 16 heavy (non-hydrogen) atoms. The highest BCUT2D eigenvalue weighted by Crippen LogP contribution is 2.01. The Balaban J connectivity index is 2.29. The smallest absolute Gasteiger partial charge is 0.208 e. The van der Waals surface area contributed by atoms with Crippen LogP contribution in [0.1, 0.15) is 5.56 Å². The molecule has 0 aliphatic rings. The standard InChI is InChI=1S/C11H18N2O2S/c1-13(9-8-12-16(2,14)15)10-11-6-4-3-5-7-11/h3-7,12H,8-10H2,1-2H3. The van der Waals surface area contributed by atoms with Gasteiger partial charge in [0.2, 0.25) is 10.0 Å². The van der Waals surface area contributed by atoms with Crippen molar-refractivity contribution in [1.29, 1.82) is 0 Å². The van der Waals surface area contributed by atoms with E-state index in [-0.39, 0.29) is 0 Å². The number of nitrogens with zero attached hydrogens (tertiary/aromatic N) is 1. The summed E-state index contributed by atoms with van der Waals surface area (Å²) in [6.45, 7) is 1.97. The highest BCUT2D eigenvalue weighted by Gasteiger charge is 2.02. The van der Waals surface area contributed by atoms with Gasteiger partial charge in [-0.3, -0.25) is 0 Å². The maximum absolute atomic E-state index is 10.8. The molecule has 0 bridgehead atoms. The van der Waals surface area contributed by atoms with Crippen molar-refractivity contribution >= 4 is 10.0 Å². The Morgan fingerprint density at radius 3 is 2.44 bits per heavy atom. The van der Waals surface area contributed by atoms with E-state index in [1.807, 2.05) is 25.2 Å². The lowest BCUT2D eigenvalue weighted by Crippen LogP contribution is -2.32. The summed E-state index contributed by atoms with van der Waals surface area (Å²) in [6, 6.07) is 10.1. The summed E-state index contributed by atoms with van der Waals surface area (Å²) in [5, 5.41) is 0. The molecule has 0 aliphatic carbocycles. The molecule has 0 saturated heterocycles. The van der Waals surface area contributed by atoms with Gasteiger partial charge < -0.3 is 4.90 Å². The van der Waals surface area contributed by atoms with Crippen LogP contribution >= 0.6 is 0 Å². The number of nitrogens with one attached hydrogen (secondary N) is 1. The van der Waals surface area contributed by atoms with Crippen molar-refractivity contribution in [2.45, 2.75) is 6.54 Å². The van der Waals surface area contributed by atoms with Crippen LogP contribution in [0, 0.1) is 0 Å². The summed E-state index contributed by atoms with van der Waals surface area (Å²) < 4.78 is 24.2. The number of rotatable bonds is 6. The highest BCUT2D eigenvalue weighted by molar-refractivity contribution is 7.88. The van der Waals surface area contributed by atoms with Crippen LogP contribution in [0.5, 0.6) is 0 Å². The van der Waals surface area contributed by atoms with Crippen molar-refractivity contribution in [3.8, 4) is 0 Å². The Labute approximate surface area is 97.3 Å². The van der Waals surface area contributed by atoms with Gasteiger partial charge in [-0.15, -0.1) is 0 Å². The Hall–Kier alpha value is -0.910. The molecule has 0 radical (unpaired) electrons. The average Bonchev–Trinajstić information content (AvgIpc) is 2.17. The van der Waals surface area contributed by atoms with Crippen molar-refractivity contribution in [3.05, 3.63) is 35.9 Å². The first-order valence-corrected chi connectivity index (χ1v) is 7.03. The van der Waals surface area contributed by atoms with E-state index >= 15 is 0 Å². The zero-order chi connectivity index (χ0) is 12.0. The fourth-order valence-corrected chi connectivity index (χ4v) is 1.86. The second-order valence-corrected chi connectivity index (χ2v) is 5.72. The fourth-order valence-electron chi connectivity index (χ4n) is 1.40. The lowest BCUT2D eigenvalue weighted by Gasteiger charge is -2.16. The molecule has 0 spiro atoms. The van der Waals surface area contributed by atoms with Crippen LogP contribution in [0.2, 0.25) is 0 Å². The summed E-state index contributed by atoms with van der Waals surface area (Å²) >= 11 is 0. The van der Waals surface area contributed by atoms with Crippen molar-refractivity contribution in [2.75, 3.05) is 26.4 Å². The third-order valence-electron chi connectivity index (χ3n) is 2.15. The molecule has 0 aromatic heterocycles. The van der Waals surface area contributed by atoms with Crippen LogP contribution < -0.4 is 4.72 Å². The van der Waals surface area contributed by atoms with Gasteiger partial charge in [0.15, 0.2) is 0 Å². The van der Waals surface area contributed by atoms with Crippen molar-refractivity contribution in [1.82, 2.24) is 9.62 Å². The lowest BCUT2D eigenvalue weighted by molar-refractivity contribution is 0.332. The third-order valence-corrected chi connectivity index (χ3v) is 2.88. The number of hydrogen-bond donors (Lipinski definition) is 1. The maximum Gasteiger partial charge on any atom is 0.208 e. The molecule has 5 heteroatoms. The van der Waals surface area contributed by atoms with Gasteiger partial charge >= 0.3 is 0 Å². The molecule has 0 atom stereocenters. The SMILES string of the molecule is CN(CCNS(C)(=O)=O)Cc1ccccc1. The van der Waals surface area contributed by atoms with Crippen molar-refractivity contribution in [2.24, 2.45) is 0 Å². The minimum Gasteiger partial charge on any atom is -0.301 e. The van der Waals surface area contributed by atoms with E-state index in [0.717, 1.165) is 6.54 Å². The van der Waals surface area contributed by atoms with Gasteiger partial charge in [-0.05, 0) is 12.6 Å². The van der Waals surface area contributed by atoms with Crippen LogP contribution in [-0.4, -0.2) is 39.7 Å². The molecular weight excluding hydrogens is 224 g/mol. The van der Waals surface area contributed by atoms with E-state index in [1.165, 1.54) is 11.8 Å². The summed E-state index contributed by atoms with van der Waals surface area (Å²) in [6.07, 6.45) is 1.17. The molecule has 0 heterocycles. The molecule has 1 N–H and O–H groups in total. The van der Waals surface area contributed by atoms with Crippen molar-refractivity contribution < 1.29 is 8.42 Å². The Bertz CT molecular complexity index is 403. The molecular formula is C11H18N2O2S. The largest absolute Gasteiger partial charge is 0.301 e. The van der Waals surface area contributed by atoms with Crippen LogP contribution in [0.15, 0.2) is 30.3 Å². The van der Waals surface area contributed by atoms with Gasteiger partial charge in [-0.25, -0.2) is 13.1 Å². The molecule has 0 saturated carbocycles. The lowest BCUT2D eigenvalue weighted by atomic mass is 10.2. The van der Waals surface area contributed by atoms with Gasteiger partial charge in [0.05, 0.1) is 6.26 Å². The number of hydrogen-bond acceptors (Lipinski definition) is 3. The first kappa shape index (κ1) is 13.2. The second-order valence-electron chi connectivity index (χ2n) is 3.89. The molecule has 90 valence electrons. The first-order chi connectivity index (χ1) is 7.47. The fraction of sp³-hybridized carbons (Fsp3) is 0.455. The molecule has 0 aliphatic heterocycles. The molecule has 1 aromatic carbocycles. The minimum absolute atomic E-state index is 0.447. The highest BCUT2D eigenvalue weighted by atomic mass is 32.2. The van der Waals surface area contributed by atoms with E-state index in [1.54, 1.807) is 0 Å². The topological polar surface area (TPSA) is 49.4 Å². The van der Waals surface area contributed by atoms with E-state index in [2.05, 4.69) is 21.8 Å². The Morgan fingerprint density at radius 2 is 1.88 bits per heavy atom. The Kier molecular flexibility index (Phi) is 4.92. The summed E-state index contributed by atoms with van der Waals surface area (Å²) in [7, 11) is -1.10. The maximum atomic E-state index is 10.8. The van der Waals surface area contributed by atoms with E-state index in [0.29, 0.717) is 13.1 Å². The molecule has 0 amide bonds. The molecule has 0 unspecified atom stereocenters.